The molecule has 0 bridgehead atoms. The number of amides is 1. The second-order valence-corrected chi connectivity index (χ2v) is 6.48. The van der Waals surface area contributed by atoms with Crippen LogP contribution in [0, 0.1) is 0 Å². The molecule has 0 radical (unpaired) electrons. The molecular weight excluding hydrogens is 348 g/mol. The van der Waals surface area contributed by atoms with Crippen molar-refractivity contribution in [2.24, 2.45) is 0 Å². The van der Waals surface area contributed by atoms with Gasteiger partial charge in [0.1, 0.15) is 24.7 Å². The van der Waals surface area contributed by atoms with Crippen molar-refractivity contribution in [2.75, 3.05) is 50.9 Å². The molecule has 4 rings (SSSR count). The molecule has 7 nitrogen and oxygen atoms in total. The Balaban J connectivity index is 1.29. The number of fused-ring (bicyclic) bond motifs is 1. The third-order valence-electron chi connectivity index (χ3n) is 4.72. The van der Waals surface area contributed by atoms with Crippen LogP contribution in [0.15, 0.2) is 42.5 Å². The van der Waals surface area contributed by atoms with E-state index < -0.39 is 0 Å². The number of ether oxygens (including phenoxy) is 3. The first-order valence-electron chi connectivity index (χ1n) is 9.03. The van der Waals surface area contributed by atoms with E-state index in [1.165, 1.54) is 12.1 Å². The van der Waals surface area contributed by atoms with Gasteiger partial charge in [-0.05, 0) is 36.4 Å². The zero-order valence-electron chi connectivity index (χ0n) is 15.0. The molecule has 0 atom stereocenters. The molecular formula is C20H22N2O5. The van der Waals surface area contributed by atoms with Crippen molar-refractivity contribution in [3.8, 4) is 23.0 Å². The number of aromatic hydroxyl groups is 1. The number of rotatable bonds is 4. The molecule has 2 aliphatic heterocycles. The Morgan fingerprint density at radius 1 is 0.963 bits per heavy atom. The van der Waals surface area contributed by atoms with Gasteiger partial charge >= 0.3 is 0 Å². The quantitative estimate of drug-likeness (QED) is 0.886. The van der Waals surface area contributed by atoms with Crippen LogP contribution in [0.25, 0.3) is 0 Å². The summed E-state index contributed by atoms with van der Waals surface area (Å²) in [6, 6.07) is 12.3. The topological polar surface area (TPSA) is 71.5 Å². The second-order valence-electron chi connectivity index (χ2n) is 6.48. The highest BCUT2D eigenvalue weighted by Crippen LogP contribution is 2.34. The summed E-state index contributed by atoms with van der Waals surface area (Å²) >= 11 is 0. The van der Waals surface area contributed by atoms with Crippen LogP contribution in [0.3, 0.4) is 0 Å². The van der Waals surface area contributed by atoms with Crippen LogP contribution in [0.4, 0.5) is 5.69 Å². The summed E-state index contributed by atoms with van der Waals surface area (Å²) in [5.74, 6) is 2.26. The predicted molar refractivity (Wildman–Crippen MR) is 99.8 cm³/mol. The highest BCUT2D eigenvalue weighted by atomic mass is 16.6. The highest BCUT2D eigenvalue weighted by molar-refractivity contribution is 5.78. The lowest BCUT2D eigenvalue weighted by molar-refractivity contribution is -0.133. The van der Waals surface area contributed by atoms with Gasteiger partial charge in [-0.3, -0.25) is 4.79 Å². The van der Waals surface area contributed by atoms with E-state index in [-0.39, 0.29) is 18.3 Å². The summed E-state index contributed by atoms with van der Waals surface area (Å²) < 4.78 is 16.7. The van der Waals surface area contributed by atoms with Gasteiger partial charge in [-0.25, -0.2) is 0 Å². The smallest absolute Gasteiger partial charge is 0.260 e. The minimum atomic E-state index is -0.0371. The number of phenolic OH excluding ortho intramolecular Hbond substituents is 1. The molecule has 2 aromatic rings. The first-order valence-corrected chi connectivity index (χ1v) is 9.03. The number of carbonyl (C=O) groups is 1. The van der Waals surface area contributed by atoms with Crippen LogP contribution >= 0.6 is 0 Å². The van der Waals surface area contributed by atoms with E-state index in [0.29, 0.717) is 32.1 Å². The van der Waals surface area contributed by atoms with Gasteiger partial charge in [-0.1, -0.05) is 0 Å². The normalized spacial score (nSPS) is 16.1. The lowest BCUT2D eigenvalue weighted by Gasteiger charge is -2.36. The third-order valence-corrected chi connectivity index (χ3v) is 4.72. The van der Waals surface area contributed by atoms with Gasteiger partial charge in [0.2, 0.25) is 0 Å². The first kappa shape index (κ1) is 17.3. The number of hydrogen-bond acceptors (Lipinski definition) is 6. The molecule has 1 fully saturated rings. The standard InChI is InChI=1S/C20H22N2O5/c23-16-2-4-17(5-3-16)27-14-20(24)22-9-7-21(8-10-22)15-1-6-18-19(13-15)26-12-11-25-18/h1-6,13,23H,7-12,14H2. The van der Waals surface area contributed by atoms with Crippen LogP contribution in [-0.4, -0.2) is 61.9 Å². The fourth-order valence-electron chi connectivity index (χ4n) is 3.22. The van der Waals surface area contributed by atoms with E-state index in [9.17, 15) is 9.90 Å². The molecule has 0 spiro atoms. The maximum absolute atomic E-state index is 12.4. The van der Waals surface area contributed by atoms with E-state index in [2.05, 4.69) is 4.90 Å². The van der Waals surface area contributed by atoms with Gasteiger partial charge in [-0.2, -0.15) is 0 Å². The van der Waals surface area contributed by atoms with E-state index in [1.54, 1.807) is 12.1 Å². The summed E-state index contributed by atoms with van der Waals surface area (Å²) in [4.78, 5) is 16.4. The molecule has 1 N–H and O–H groups in total. The van der Waals surface area contributed by atoms with E-state index in [0.717, 1.165) is 30.3 Å². The van der Waals surface area contributed by atoms with Gasteiger partial charge in [0.25, 0.3) is 5.91 Å². The molecule has 2 aromatic carbocycles. The van der Waals surface area contributed by atoms with E-state index in [4.69, 9.17) is 14.2 Å². The average Bonchev–Trinajstić information content (AvgIpc) is 2.73. The van der Waals surface area contributed by atoms with Crippen LogP contribution in [-0.2, 0) is 4.79 Å². The largest absolute Gasteiger partial charge is 0.508 e. The van der Waals surface area contributed by atoms with Crippen LogP contribution in [0.5, 0.6) is 23.0 Å². The van der Waals surface area contributed by atoms with Crippen molar-refractivity contribution in [1.29, 1.82) is 0 Å². The number of phenols is 1. The minimum Gasteiger partial charge on any atom is -0.508 e. The maximum Gasteiger partial charge on any atom is 0.260 e. The summed E-state index contributed by atoms with van der Waals surface area (Å²) in [5, 5.41) is 9.27. The predicted octanol–water partition coefficient (Wildman–Crippen LogP) is 1.89. The number of hydrogen-bond donors (Lipinski definition) is 1. The monoisotopic (exact) mass is 370 g/mol. The fourth-order valence-corrected chi connectivity index (χ4v) is 3.22. The Morgan fingerprint density at radius 2 is 1.67 bits per heavy atom. The number of carbonyl (C=O) groups excluding carboxylic acids is 1. The van der Waals surface area contributed by atoms with Crippen molar-refractivity contribution in [3.05, 3.63) is 42.5 Å². The highest BCUT2D eigenvalue weighted by Gasteiger charge is 2.23. The SMILES string of the molecule is O=C(COc1ccc(O)cc1)N1CCN(c2ccc3c(c2)OCCO3)CC1. The third kappa shape index (κ3) is 4.02. The number of benzene rings is 2. The van der Waals surface area contributed by atoms with Crippen molar-refractivity contribution >= 4 is 11.6 Å². The number of nitrogens with zero attached hydrogens (tertiary/aromatic N) is 2. The molecule has 27 heavy (non-hydrogen) atoms. The Kier molecular flexibility index (Phi) is 4.91. The summed E-state index contributed by atoms with van der Waals surface area (Å²) in [5.41, 5.74) is 1.08. The van der Waals surface area contributed by atoms with E-state index >= 15 is 0 Å². The molecule has 0 aromatic heterocycles. The molecule has 2 heterocycles. The van der Waals surface area contributed by atoms with Crippen LogP contribution in [0.1, 0.15) is 0 Å². The first-order chi connectivity index (χ1) is 13.2. The number of piperazine rings is 1. The summed E-state index contributed by atoms with van der Waals surface area (Å²) in [6.45, 7) is 3.95. The molecule has 2 aliphatic rings. The van der Waals surface area contributed by atoms with Crippen molar-refractivity contribution in [3.63, 3.8) is 0 Å². The Morgan fingerprint density at radius 3 is 2.41 bits per heavy atom. The molecule has 1 saturated heterocycles. The lowest BCUT2D eigenvalue weighted by atomic mass is 10.2. The lowest BCUT2D eigenvalue weighted by Crippen LogP contribution is -2.50. The van der Waals surface area contributed by atoms with Crippen LogP contribution < -0.4 is 19.1 Å². The van der Waals surface area contributed by atoms with Gasteiger partial charge in [0, 0.05) is 37.9 Å². The molecule has 7 heteroatoms. The van der Waals surface area contributed by atoms with Crippen molar-refractivity contribution in [1.82, 2.24) is 4.90 Å². The molecule has 142 valence electrons. The fraction of sp³-hybridized carbons (Fsp3) is 0.350. The second kappa shape index (κ2) is 7.65. The van der Waals surface area contributed by atoms with Gasteiger partial charge in [-0.15, -0.1) is 0 Å². The maximum atomic E-state index is 12.4. The zero-order chi connectivity index (χ0) is 18.6. The van der Waals surface area contributed by atoms with Crippen molar-refractivity contribution < 1.29 is 24.1 Å². The summed E-state index contributed by atoms with van der Waals surface area (Å²) in [6.07, 6.45) is 0. The Hall–Kier alpha value is -3.09. The van der Waals surface area contributed by atoms with Crippen molar-refractivity contribution in [2.45, 2.75) is 0 Å². The molecule has 1 amide bonds. The summed E-state index contributed by atoms with van der Waals surface area (Å²) in [7, 11) is 0. The molecule has 0 saturated carbocycles. The van der Waals surface area contributed by atoms with Gasteiger partial charge in [0.05, 0.1) is 0 Å². The zero-order valence-corrected chi connectivity index (χ0v) is 15.0. The Bertz CT molecular complexity index is 801. The van der Waals surface area contributed by atoms with Gasteiger partial charge < -0.3 is 29.1 Å². The number of anilines is 1. The van der Waals surface area contributed by atoms with E-state index in [1.807, 2.05) is 23.1 Å². The Labute approximate surface area is 157 Å². The van der Waals surface area contributed by atoms with Gasteiger partial charge in [0.15, 0.2) is 18.1 Å². The molecule has 0 aliphatic carbocycles. The molecule has 0 unspecified atom stereocenters. The average molecular weight is 370 g/mol. The minimum absolute atomic E-state index is 0.00516. The van der Waals surface area contributed by atoms with Crippen LogP contribution in [0.2, 0.25) is 0 Å².